The summed E-state index contributed by atoms with van der Waals surface area (Å²) in [5.74, 6) is 0.815. The summed E-state index contributed by atoms with van der Waals surface area (Å²) in [5.41, 5.74) is 1.41. The standard InChI is InChI=1S/C10H13O2.C9H11.Co.O/c1-3-11-9(2)12-10-7-5-4-6-8-10;1-2-6-9-7-4-3-5-8-9;;/h5-9H,3H2,1-2H3;4-5,7-8H,2,6H2,1H3;;/q2*-1;;. The van der Waals surface area contributed by atoms with E-state index in [-0.39, 0.29) is 6.29 Å². The fourth-order valence-electron chi connectivity index (χ4n) is 1.79. The number of ether oxygens (including phenoxy) is 2. The van der Waals surface area contributed by atoms with Gasteiger partial charge in [-0.2, -0.15) is 54.1 Å². The number of rotatable bonds is 6. The fourth-order valence-corrected chi connectivity index (χ4v) is 1.79. The first kappa shape index (κ1) is 21.5. The first-order valence-corrected chi connectivity index (χ1v) is 8.01. The average molecular weight is 359 g/mol. The minimum absolute atomic E-state index is 0.183. The van der Waals surface area contributed by atoms with Crippen LogP contribution in [-0.2, 0) is 30.7 Å². The van der Waals surface area contributed by atoms with E-state index in [9.17, 15) is 0 Å². The molecule has 0 saturated carbocycles. The molecule has 1 unspecified atom stereocenters. The van der Waals surface area contributed by atoms with Crippen molar-refractivity contribution in [1.82, 2.24) is 0 Å². The van der Waals surface area contributed by atoms with Gasteiger partial charge in [0.25, 0.3) is 0 Å². The molecule has 0 aliphatic heterocycles. The Bertz CT molecular complexity index is 476. The van der Waals surface area contributed by atoms with Gasteiger partial charge in [0.2, 0.25) is 0 Å². The van der Waals surface area contributed by atoms with Gasteiger partial charge >= 0.3 is 19.5 Å². The molecule has 0 bridgehead atoms. The molecule has 0 heterocycles. The number of benzene rings is 2. The van der Waals surface area contributed by atoms with Crippen molar-refractivity contribution in [2.24, 2.45) is 0 Å². The Morgan fingerprint density at radius 1 is 1.00 bits per heavy atom. The minimum atomic E-state index is -0.183. The van der Waals surface area contributed by atoms with E-state index in [1.807, 2.05) is 50.2 Å². The van der Waals surface area contributed by atoms with Crippen molar-refractivity contribution in [2.45, 2.75) is 39.9 Å². The van der Waals surface area contributed by atoms with Gasteiger partial charge < -0.3 is 9.47 Å². The second-order valence-corrected chi connectivity index (χ2v) is 4.53. The summed E-state index contributed by atoms with van der Waals surface area (Å²) in [5, 5.41) is 0. The van der Waals surface area contributed by atoms with Crippen LogP contribution < -0.4 is 4.74 Å². The Morgan fingerprint density at radius 3 is 2.00 bits per heavy atom. The Balaban J connectivity index is 0.000000392. The topological polar surface area (TPSA) is 35.5 Å². The van der Waals surface area contributed by atoms with Gasteiger partial charge in [-0.3, -0.25) is 0 Å². The molecule has 2 aromatic rings. The van der Waals surface area contributed by atoms with Crippen molar-refractivity contribution in [2.75, 3.05) is 6.61 Å². The molecule has 0 amide bonds. The molecular weight excluding hydrogens is 335 g/mol. The Labute approximate surface area is 147 Å². The zero-order chi connectivity index (χ0) is 17.3. The van der Waals surface area contributed by atoms with Crippen molar-refractivity contribution >= 4 is 0 Å². The van der Waals surface area contributed by atoms with Gasteiger partial charge in [0.1, 0.15) is 0 Å². The third kappa shape index (κ3) is 11.7. The molecule has 0 spiro atoms. The van der Waals surface area contributed by atoms with Gasteiger partial charge in [0.05, 0.1) is 0 Å². The van der Waals surface area contributed by atoms with E-state index in [0.717, 1.165) is 5.75 Å². The van der Waals surface area contributed by atoms with Crippen molar-refractivity contribution in [3.8, 4) is 5.75 Å². The van der Waals surface area contributed by atoms with Crippen molar-refractivity contribution < 1.29 is 29.0 Å². The maximum absolute atomic E-state index is 7.94. The second-order valence-electron chi connectivity index (χ2n) is 4.53. The molecule has 0 aliphatic rings. The zero-order valence-electron chi connectivity index (χ0n) is 13.9. The van der Waals surface area contributed by atoms with Gasteiger partial charge in [-0.25, -0.2) is 0 Å². The molecule has 23 heavy (non-hydrogen) atoms. The van der Waals surface area contributed by atoms with Crippen LogP contribution in [0.2, 0.25) is 0 Å². The molecule has 0 saturated heterocycles. The maximum atomic E-state index is 7.94. The van der Waals surface area contributed by atoms with E-state index in [0.29, 0.717) is 6.61 Å². The normalized spacial score (nSPS) is 10.4. The van der Waals surface area contributed by atoms with E-state index >= 15 is 0 Å². The molecule has 0 aromatic heterocycles. The molecule has 3 nitrogen and oxygen atoms in total. The summed E-state index contributed by atoms with van der Waals surface area (Å²) in [6.45, 7) is 6.68. The van der Waals surface area contributed by atoms with E-state index in [2.05, 4.69) is 46.9 Å². The third-order valence-corrected chi connectivity index (χ3v) is 2.72. The quantitative estimate of drug-likeness (QED) is 0.560. The predicted octanol–water partition coefficient (Wildman–Crippen LogP) is 4.57. The van der Waals surface area contributed by atoms with Crippen LogP contribution in [0.25, 0.3) is 0 Å². The molecule has 0 aliphatic carbocycles. The SMILES string of the molecule is CCCc1cc[c-]cc1.CCOC(C)Oc1cc[c-]cc1.[O]=[Co]. The van der Waals surface area contributed by atoms with Crippen molar-refractivity contribution in [3.63, 3.8) is 0 Å². The Morgan fingerprint density at radius 2 is 1.52 bits per heavy atom. The van der Waals surface area contributed by atoms with Crippen molar-refractivity contribution in [3.05, 3.63) is 66.2 Å². The van der Waals surface area contributed by atoms with Crippen LogP contribution in [0, 0.1) is 12.1 Å². The van der Waals surface area contributed by atoms with Crippen LogP contribution in [0.15, 0.2) is 48.5 Å². The summed E-state index contributed by atoms with van der Waals surface area (Å²) in [4.78, 5) is 0. The van der Waals surface area contributed by atoms with E-state index in [4.69, 9.17) is 13.3 Å². The predicted molar refractivity (Wildman–Crippen MR) is 87.0 cm³/mol. The first-order valence-electron chi connectivity index (χ1n) is 7.59. The van der Waals surface area contributed by atoms with Crippen LogP contribution in [0.3, 0.4) is 0 Å². The zero-order valence-corrected chi connectivity index (χ0v) is 14.9. The van der Waals surface area contributed by atoms with Gasteiger partial charge in [-0.1, -0.05) is 19.8 Å². The summed E-state index contributed by atoms with van der Waals surface area (Å²) in [6, 6.07) is 21.4. The van der Waals surface area contributed by atoms with Gasteiger partial charge in [0.15, 0.2) is 6.29 Å². The third-order valence-electron chi connectivity index (χ3n) is 2.72. The Kier molecular flexibility index (Phi) is 14.4. The van der Waals surface area contributed by atoms with Crippen LogP contribution >= 0.6 is 0 Å². The summed E-state index contributed by atoms with van der Waals surface area (Å²) >= 11 is 2.31. The molecule has 4 heteroatoms. The van der Waals surface area contributed by atoms with Crippen LogP contribution in [0.4, 0.5) is 0 Å². The van der Waals surface area contributed by atoms with E-state index < -0.39 is 0 Å². The van der Waals surface area contributed by atoms with Gasteiger partial charge in [-0.15, -0.1) is 12.1 Å². The molecule has 0 fully saturated rings. The number of aryl methyl sites for hydroxylation is 1. The first-order chi connectivity index (χ1) is 11.3. The van der Waals surface area contributed by atoms with Crippen LogP contribution in [0.1, 0.15) is 32.8 Å². The monoisotopic (exact) mass is 359 g/mol. The summed E-state index contributed by atoms with van der Waals surface area (Å²) < 4.78 is 18.6. The average Bonchev–Trinajstić information content (AvgIpc) is 2.60. The number of hydrogen-bond acceptors (Lipinski definition) is 3. The molecule has 0 radical (unpaired) electrons. The fraction of sp³-hybridized carbons (Fsp3) is 0.368. The van der Waals surface area contributed by atoms with Gasteiger partial charge in [-0.05, 0) is 13.8 Å². The summed E-state index contributed by atoms with van der Waals surface area (Å²) in [6.07, 6.45) is 2.23. The molecule has 129 valence electrons. The van der Waals surface area contributed by atoms with E-state index in [1.54, 1.807) is 0 Å². The van der Waals surface area contributed by atoms with Crippen LogP contribution in [-0.4, -0.2) is 12.9 Å². The number of hydrogen-bond donors (Lipinski definition) is 0. The molecule has 1 atom stereocenters. The molecule has 2 aromatic carbocycles. The second kappa shape index (κ2) is 15.4. The van der Waals surface area contributed by atoms with Crippen LogP contribution in [0.5, 0.6) is 5.75 Å². The van der Waals surface area contributed by atoms with E-state index in [1.165, 1.54) is 18.4 Å². The summed E-state index contributed by atoms with van der Waals surface area (Å²) in [7, 11) is 0. The molecule has 0 N–H and O–H groups in total. The van der Waals surface area contributed by atoms with Crippen molar-refractivity contribution in [1.29, 1.82) is 0 Å². The molecular formula is C19H24CoO3-2. The Hall–Kier alpha value is -1.49. The molecule has 2 rings (SSSR count). The van der Waals surface area contributed by atoms with Gasteiger partial charge in [0, 0.05) is 12.4 Å².